The molecule has 8 heteroatoms. The molecule has 2 aromatic carbocycles. The summed E-state index contributed by atoms with van der Waals surface area (Å²) in [7, 11) is 2.97. The molecule has 0 saturated heterocycles. The maximum absolute atomic E-state index is 12.3. The molecule has 0 aliphatic carbocycles. The van der Waals surface area contributed by atoms with Crippen molar-refractivity contribution in [3.63, 3.8) is 0 Å². The first-order valence-corrected chi connectivity index (χ1v) is 8.27. The number of aryl methyl sites for hydroxylation is 1. The van der Waals surface area contributed by atoms with Crippen LogP contribution in [-0.4, -0.2) is 31.9 Å². The maximum atomic E-state index is 12.3. The smallest absolute Gasteiger partial charge is 0.269 e. The van der Waals surface area contributed by atoms with Crippen molar-refractivity contribution in [2.24, 2.45) is 0 Å². The molecule has 3 N–H and O–H groups in total. The average Bonchev–Trinajstić information content (AvgIpc) is 2.70. The Morgan fingerprint density at radius 3 is 2.19 bits per heavy atom. The van der Waals surface area contributed by atoms with Gasteiger partial charge in [-0.2, -0.15) is 0 Å². The molecule has 3 rings (SSSR count). The molecule has 0 bridgehead atoms. The van der Waals surface area contributed by atoms with Crippen LogP contribution in [0.4, 0.5) is 5.69 Å². The van der Waals surface area contributed by atoms with E-state index < -0.39 is 11.8 Å². The molecule has 0 fully saturated rings. The number of methoxy groups -OCH3 is 2. The summed E-state index contributed by atoms with van der Waals surface area (Å²) in [6.45, 7) is 0. The number of rotatable bonds is 4. The fourth-order valence-electron chi connectivity index (χ4n) is 2.76. The maximum Gasteiger partial charge on any atom is 0.269 e. The summed E-state index contributed by atoms with van der Waals surface area (Å²) in [6, 6.07) is 9.64. The highest BCUT2D eigenvalue weighted by molar-refractivity contribution is 6.00. The van der Waals surface area contributed by atoms with Crippen molar-refractivity contribution in [3.8, 4) is 11.5 Å². The highest BCUT2D eigenvalue weighted by atomic mass is 16.5. The summed E-state index contributed by atoms with van der Waals surface area (Å²) in [5.41, 5.74) is 7.03. The molecule has 0 radical (unpaired) electrons. The quantitative estimate of drug-likeness (QED) is 0.711. The number of hydrazine groups is 1. The lowest BCUT2D eigenvalue weighted by Crippen LogP contribution is -2.41. The van der Waals surface area contributed by atoms with E-state index in [1.165, 1.54) is 20.3 Å². The van der Waals surface area contributed by atoms with Gasteiger partial charge in [-0.05, 0) is 48.4 Å². The zero-order valence-electron chi connectivity index (χ0n) is 14.9. The number of ether oxygens (including phenoxy) is 2. The van der Waals surface area contributed by atoms with Gasteiger partial charge in [-0.3, -0.25) is 25.2 Å². The van der Waals surface area contributed by atoms with Gasteiger partial charge >= 0.3 is 0 Å². The Hall–Kier alpha value is -3.55. The van der Waals surface area contributed by atoms with Gasteiger partial charge in [0.1, 0.15) is 0 Å². The molecule has 3 amide bonds. The monoisotopic (exact) mass is 369 g/mol. The van der Waals surface area contributed by atoms with Crippen LogP contribution in [0, 0.1) is 0 Å². The van der Waals surface area contributed by atoms with E-state index >= 15 is 0 Å². The van der Waals surface area contributed by atoms with Gasteiger partial charge in [0.05, 0.1) is 14.2 Å². The predicted molar refractivity (Wildman–Crippen MR) is 97.9 cm³/mol. The van der Waals surface area contributed by atoms with E-state index in [1.54, 1.807) is 30.3 Å². The minimum Gasteiger partial charge on any atom is -0.493 e. The summed E-state index contributed by atoms with van der Waals surface area (Å²) in [6.07, 6.45) is 0.953. The third-order valence-electron chi connectivity index (χ3n) is 4.20. The third-order valence-corrected chi connectivity index (χ3v) is 4.20. The molecule has 27 heavy (non-hydrogen) atoms. The van der Waals surface area contributed by atoms with Crippen LogP contribution in [0.3, 0.4) is 0 Å². The van der Waals surface area contributed by atoms with Gasteiger partial charge in [-0.25, -0.2) is 0 Å². The molecule has 1 heterocycles. The Kier molecular flexibility index (Phi) is 5.25. The second-order valence-corrected chi connectivity index (χ2v) is 5.90. The summed E-state index contributed by atoms with van der Waals surface area (Å²) in [5, 5.41) is 2.76. The lowest BCUT2D eigenvalue weighted by molar-refractivity contribution is -0.116. The number of nitrogens with one attached hydrogen (secondary N) is 3. The van der Waals surface area contributed by atoms with Crippen molar-refractivity contribution >= 4 is 23.4 Å². The first-order valence-electron chi connectivity index (χ1n) is 8.27. The average molecular weight is 369 g/mol. The number of fused-ring (bicyclic) bond motifs is 1. The fraction of sp³-hybridized carbons (Fsp3) is 0.211. The Labute approximate surface area is 155 Å². The van der Waals surface area contributed by atoms with Crippen molar-refractivity contribution < 1.29 is 23.9 Å². The number of benzene rings is 2. The van der Waals surface area contributed by atoms with Gasteiger partial charge < -0.3 is 14.8 Å². The SMILES string of the molecule is COc1ccc(C(=O)NNC(=O)c2ccc3c(c2)CCC(=O)N3)cc1OC. The van der Waals surface area contributed by atoms with E-state index in [4.69, 9.17) is 9.47 Å². The Bertz CT molecular complexity index is 910. The Morgan fingerprint density at radius 2 is 1.52 bits per heavy atom. The largest absolute Gasteiger partial charge is 0.493 e. The van der Waals surface area contributed by atoms with Crippen LogP contribution in [0.2, 0.25) is 0 Å². The number of carbonyl (C=O) groups is 3. The van der Waals surface area contributed by atoms with E-state index in [0.717, 1.165) is 5.56 Å². The van der Waals surface area contributed by atoms with Crippen LogP contribution in [0.15, 0.2) is 36.4 Å². The van der Waals surface area contributed by atoms with Crippen LogP contribution in [0.1, 0.15) is 32.7 Å². The predicted octanol–water partition coefficient (Wildman–Crippen LogP) is 1.66. The second-order valence-electron chi connectivity index (χ2n) is 5.90. The molecular formula is C19H19N3O5. The fourth-order valence-corrected chi connectivity index (χ4v) is 2.76. The number of anilines is 1. The Morgan fingerprint density at radius 1 is 0.889 bits per heavy atom. The minimum absolute atomic E-state index is 0.0399. The molecule has 0 saturated carbocycles. The van der Waals surface area contributed by atoms with E-state index in [1.807, 2.05) is 0 Å². The van der Waals surface area contributed by atoms with Crippen LogP contribution in [0.25, 0.3) is 0 Å². The number of amides is 3. The van der Waals surface area contributed by atoms with Gasteiger partial charge in [-0.15, -0.1) is 0 Å². The summed E-state index contributed by atoms with van der Waals surface area (Å²) in [5.74, 6) is -0.0765. The van der Waals surface area contributed by atoms with Crippen molar-refractivity contribution in [1.82, 2.24) is 10.9 Å². The minimum atomic E-state index is -0.491. The zero-order chi connectivity index (χ0) is 19.4. The van der Waals surface area contributed by atoms with Gasteiger partial charge in [0.25, 0.3) is 11.8 Å². The van der Waals surface area contributed by atoms with Crippen molar-refractivity contribution in [1.29, 1.82) is 0 Å². The topological polar surface area (TPSA) is 106 Å². The summed E-state index contributed by atoms with van der Waals surface area (Å²) >= 11 is 0. The molecule has 0 aromatic heterocycles. The molecule has 0 atom stereocenters. The number of hydrogen-bond donors (Lipinski definition) is 3. The highest BCUT2D eigenvalue weighted by Crippen LogP contribution is 2.27. The van der Waals surface area contributed by atoms with E-state index in [0.29, 0.717) is 41.2 Å². The number of carbonyl (C=O) groups excluding carboxylic acids is 3. The summed E-state index contributed by atoms with van der Waals surface area (Å²) < 4.78 is 10.3. The van der Waals surface area contributed by atoms with Crippen molar-refractivity contribution in [2.45, 2.75) is 12.8 Å². The second kappa shape index (κ2) is 7.77. The lowest BCUT2D eigenvalue weighted by atomic mass is 10.0. The molecule has 0 unspecified atom stereocenters. The normalized spacial score (nSPS) is 12.4. The van der Waals surface area contributed by atoms with E-state index in [9.17, 15) is 14.4 Å². The van der Waals surface area contributed by atoms with Crippen molar-refractivity contribution in [2.75, 3.05) is 19.5 Å². The van der Waals surface area contributed by atoms with Gasteiger partial charge in [0, 0.05) is 23.2 Å². The van der Waals surface area contributed by atoms with Crippen LogP contribution < -0.4 is 25.6 Å². The molecule has 0 spiro atoms. The van der Waals surface area contributed by atoms with Gasteiger partial charge in [0.15, 0.2) is 11.5 Å². The highest BCUT2D eigenvalue weighted by Gasteiger charge is 2.17. The molecule has 1 aliphatic heterocycles. The molecule has 140 valence electrons. The zero-order valence-corrected chi connectivity index (χ0v) is 14.9. The third kappa shape index (κ3) is 4.00. The molecule has 2 aromatic rings. The number of hydrogen-bond acceptors (Lipinski definition) is 5. The van der Waals surface area contributed by atoms with Crippen LogP contribution >= 0.6 is 0 Å². The first kappa shape index (κ1) is 18.2. The molecular weight excluding hydrogens is 350 g/mol. The first-order chi connectivity index (χ1) is 13.0. The van der Waals surface area contributed by atoms with E-state index in [2.05, 4.69) is 16.2 Å². The van der Waals surface area contributed by atoms with Crippen LogP contribution in [0.5, 0.6) is 11.5 Å². The van der Waals surface area contributed by atoms with Gasteiger partial charge in [0.2, 0.25) is 5.91 Å². The molecule has 8 nitrogen and oxygen atoms in total. The van der Waals surface area contributed by atoms with Crippen LogP contribution in [-0.2, 0) is 11.2 Å². The molecule has 1 aliphatic rings. The van der Waals surface area contributed by atoms with E-state index in [-0.39, 0.29) is 5.91 Å². The summed E-state index contributed by atoms with van der Waals surface area (Å²) in [4.78, 5) is 35.9. The van der Waals surface area contributed by atoms with Crippen molar-refractivity contribution in [3.05, 3.63) is 53.1 Å². The standard InChI is InChI=1S/C19H19N3O5/c1-26-15-7-4-13(10-16(15)27-2)19(25)22-21-18(24)12-3-6-14-11(9-12)5-8-17(23)20-14/h3-4,6-7,9-10H,5,8H2,1-2H3,(H,20,23)(H,21,24)(H,22,25). The Balaban J connectivity index is 1.65. The lowest BCUT2D eigenvalue weighted by Gasteiger charge is -2.17. The van der Waals surface area contributed by atoms with Gasteiger partial charge in [-0.1, -0.05) is 0 Å².